The van der Waals surface area contributed by atoms with Gasteiger partial charge in [-0.3, -0.25) is 0 Å². The van der Waals surface area contributed by atoms with Gasteiger partial charge in [0, 0.05) is 0 Å². The van der Waals surface area contributed by atoms with E-state index in [9.17, 15) is 5.11 Å². The van der Waals surface area contributed by atoms with E-state index in [2.05, 4.69) is 5.32 Å². The minimum Gasteiger partial charge on any atom is -0.393 e. The van der Waals surface area contributed by atoms with Crippen molar-refractivity contribution in [3.05, 3.63) is 0 Å². The second-order valence-electron chi connectivity index (χ2n) is 3.75. The van der Waals surface area contributed by atoms with Crippen LogP contribution in [0.4, 0.5) is 0 Å². The molecule has 1 saturated heterocycles. The van der Waals surface area contributed by atoms with Crippen molar-refractivity contribution in [2.45, 2.75) is 25.4 Å². The summed E-state index contributed by atoms with van der Waals surface area (Å²) in [6, 6.07) is 0. The molecule has 0 spiro atoms. The Kier molecular flexibility index (Phi) is 3.16. The average molecular weight is 178 g/mol. The molecule has 3 heteroatoms. The monoisotopic (exact) mass is 177 g/mol. The number of rotatable bonds is 0. The Labute approximate surface area is 73.8 Å². The van der Waals surface area contributed by atoms with E-state index in [0.29, 0.717) is 0 Å². The molecule has 2 N–H and O–H groups in total. The number of fused-ring (bicyclic) bond motifs is 2. The molecule has 1 saturated carbocycles. The van der Waals surface area contributed by atoms with E-state index >= 15 is 0 Å². The van der Waals surface area contributed by atoms with E-state index in [1.807, 2.05) is 0 Å². The molecule has 0 aromatic carbocycles. The van der Waals surface area contributed by atoms with Gasteiger partial charge in [-0.1, -0.05) is 0 Å². The smallest absolute Gasteiger partial charge is 0.0546 e. The number of aliphatic hydroxyl groups excluding tert-OH is 1. The summed E-state index contributed by atoms with van der Waals surface area (Å²) >= 11 is 0. The number of halogens is 1. The molecule has 0 radical (unpaired) electrons. The van der Waals surface area contributed by atoms with Crippen LogP contribution in [0.2, 0.25) is 0 Å². The van der Waals surface area contributed by atoms with Crippen LogP contribution in [0.15, 0.2) is 0 Å². The highest BCUT2D eigenvalue weighted by Crippen LogP contribution is 2.30. The summed E-state index contributed by atoms with van der Waals surface area (Å²) < 4.78 is 0. The van der Waals surface area contributed by atoms with Gasteiger partial charge in [0.25, 0.3) is 0 Å². The van der Waals surface area contributed by atoms with Gasteiger partial charge < -0.3 is 10.4 Å². The lowest BCUT2D eigenvalue weighted by Crippen LogP contribution is -2.42. The first-order valence-corrected chi connectivity index (χ1v) is 4.23. The summed E-state index contributed by atoms with van der Waals surface area (Å²) in [6.07, 6.45) is 3.42. The summed E-state index contributed by atoms with van der Waals surface area (Å²) in [6.45, 7) is 2.26. The maximum Gasteiger partial charge on any atom is 0.0546 e. The molecule has 66 valence electrons. The highest BCUT2D eigenvalue weighted by molar-refractivity contribution is 5.85. The lowest BCUT2D eigenvalue weighted by Gasteiger charge is -2.37. The molecule has 2 bridgehead atoms. The predicted molar refractivity (Wildman–Crippen MR) is 47.0 cm³/mol. The third kappa shape index (κ3) is 2.08. The first-order valence-electron chi connectivity index (χ1n) is 4.23. The van der Waals surface area contributed by atoms with Crippen LogP contribution in [0.5, 0.6) is 0 Å². The second kappa shape index (κ2) is 3.74. The molecule has 1 heterocycles. The lowest BCUT2D eigenvalue weighted by atomic mass is 9.77. The van der Waals surface area contributed by atoms with Crippen molar-refractivity contribution in [2.24, 2.45) is 11.8 Å². The molecule has 2 aliphatic rings. The molecule has 2 unspecified atom stereocenters. The molecule has 0 aromatic heterocycles. The Balaban J connectivity index is 0.000000605. The van der Waals surface area contributed by atoms with Crippen molar-refractivity contribution in [3.8, 4) is 0 Å². The quantitative estimate of drug-likeness (QED) is 0.574. The number of piperidine rings is 1. The molecule has 1 aliphatic carbocycles. The number of nitrogens with one attached hydrogen (secondary N) is 1. The topological polar surface area (TPSA) is 32.3 Å². The molecule has 0 amide bonds. The Morgan fingerprint density at radius 3 is 2.09 bits per heavy atom. The maximum absolute atomic E-state index is 9.39. The molecule has 2 rings (SSSR count). The van der Waals surface area contributed by atoms with E-state index in [1.165, 1.54) is 6.42 Å². The normalized spacial score (nSPS) is 42.8. The highest BCUT2D eigenvalue weighted by atomic mass is 35.5. The van der Waals surface area contributed by atoms with Gasteiger partial charge in [-0.2, -0.15) is 0 Å². The maximum atomic E-state index is 9.39. The molecule has 1 aliphatic heterocycles. The summed E-state index contributed by atoms with van der Waals surface area (Å²) in [5.41, 5.74) is 0. The fourth-order valence-corrected chi connectivity index (χ4v) is 2.35. The zero-order valence-electron chi connectivity index (χ0n) is 6.62. The third-order valence-electron chi connectivity index (χ3n) is 2.74. The number of aliphatic hydroxyl groups is 1. The van der Waals surface area contributed by atoms with Crippen molar-refractivity contribution >= 4 is 12.4 Å². The Bertz CT molecular complexity index is 115. The van der Waals surface area contributed by atoms with Gasteiger partial charge in [-0.25, -0.2) is 0 Å². The van der Waals surface area contributed by atoms with E-state index in [1.54, 1.807) is 0 Å². The molecular formula is C8H16ClNO. The Hall–Kier alpha value is 0.210. The second-order valence-corrected chi connectivity index (χ2v) is 3.75. The van der Waals surface area contributed by atoms with Gasteiger partial charge >= 0.3 is 0 Å². The molecule has 11 heavy (non-hydrogen) atoms. The van der Waals surface area contributed by atoms with Gasteiger partial charge in [0.1, 0.15) is 0 Å². The van der Waals surface area contributed by atoms with Crippen LogP contribution in [0.25, 0.3) is 0 Å². The summed E-state index contributed by atoms with van der Waals surface area (Å²) in [5.74, 6) is 1.53. The molecule has 0 aromatic rings. The fraction of sp³-hybridized carbons (Fsp3) is 1.00. The molecule has 2 atom stereocenters. The van der Waals surface area contributed by atoms with Crippen molar-refractivity contribution in [2.75, 3.05) is 13.1 Å². The van der Waals surface area contributed by atoms with Crippen molar-refractivity contribution in [1.29, 1.82) is 0 Å². The lowest BCUT2D eigenvalue weighted by molar-refractivity contribution is 0.0535. The Morgan fingerprint density at radius 2 is 1.55 bits per heavy atom. The zero-order chi connectivity index (χ0) is 6.97. The van der Waals surface area contributed by atoms with Gasteiger partial charge in [-0.05, 0) is 44.2 Å². The van der Waals surface area contributed by atoms with Gasteiger partial charge in [0.2, 0.25) is 0 Å². The highest BCUT2D eigenvalue weighted by Gasteiger charge is 2.30. The number of hydrogen-bond acceptors (Lipinski definition) is 2. The molecule has 2 nitrogen and oxygen atoms in total. The van der Waals surface area contributed by atoms with Crippen LogP contribution in [-0.4, -0.2) is 24.3 Å². The van der Waals surface area contributed by atoms with Crippen molar-refractivity contribution < 1.29 is 5.11 Å². The first kappa shape index (κ1) is 9.30. The minimum absolute atomic E-state index is 0. The van der Waals surface area contributed by atoms with Crippen LogP contribution in [0.3, 0.4) is 0 Å². The van der Waals surface area contributed by atoms with Crippen LogP contribution in [0.1, 0.15) is 19.3 Å². The fourth-order valence-electron chi connectivity index (χ4n) is 2.35. The number of hydrogen-bond donors (Lipinski definition) is 2. The summed E-state index contributed by atoms with van der Waals surface area (Å²) in [7, 11) is 0. The average Bonchev–Trinajstić information content (AvgIpc) is 1.85. The third-order valence-corrected chi connectivity index (χ3v) is 2.74. The largest absolute Gasteiger partial charge is 0.393 e. The van der Waals surface area contributed by atoms with Gasteiger partial charge in [0.05, 0.1) is 6.10 Å². The van der Waals surface area contributed by atoms with Crippen molar-refractivity contribution in [3.63, 3.8) is 0 Å². The minimum atomic E-state index is 0. The van der Waals surface area contributed by atoms with Crippen molar-refractivity contribution in [1.82, 2.24) is 5.32 Å². The first-order chi connectivity index (χ1) is 4.84. The zero-order valence-corrected chi connectivity index (χ0v) is 7.44. The SMILES string of the molecule is Cl.OC1CC2CNCC(C1)C2. The van der Waals surface area contributed by atoms with Crippen LogP contribution in [-0.2, 0) is 0 Å². The van der Waals surface area contributed by atoms with Gasteiger partial charge in [0.15, 0.2) is 0 Å². The molecule has 2 fully saturated rings. The van der Waals surface area contributed by atoms with Crippen LogP contribution in [0, 0.1) is 11.8 Å². The van der Waals surface area contributed by atoms with Crippen LogP contribution < -0.4 is 5.32 Å². The van der Waals surface area contributed by atoms with E-state index in [0.717, 1.165) is 37.8 Å². The summed E-state index contributed by atoms with van der Waals surface area (Å²) in [4.78, 5) is 0. The standard InChI is InChI=1S/C8H15NO.ClH/c10-8-2-6-1-7(3-8)5-9-4-6;/h6-10H,1-5H2;1H. The molecular weight excluding hydrogens is 162 g/mol. The van der Waals surface area contributed by atoms with Crippen LogP contribution >= 0.6 is 12.4 Å². The summed E-state index contributed by atoms with van der Waals surface area (Å²) in [5, 5.41) is 12.8. The van der Waals surface area contributed by atoms with E-state index in [-0.39, 0.29) is 18.5 Å². The Morgan fingerprint density at radius 1 is 1.00 bits per heavy atom. The van der Waals surface area contributed by atoms with Gasteiger partial charge in [-0.15, -0.1) is 12.4 Å². The predicted octanol–water partition coefficient (Wildman–Crippen LogP) is 0.789. The van der Waals surface area contributed by atoms with E-state index in [4.69, 9.17) is 0 Å². The van der Waals surface area contributed by atoms with E-state index < -0.39 is 0 Å².